The van der Waals surface area contributed by atoms with Crippen molar-refractivity contribution in [3.63, 3.8) is 0 Å². The largest absolute Gasteiger partial charge is 0.368 e. The van der Waals surface area contributed by atoms with Gasteiger partial charge in [-0.05, 0) is 55.6 Å². The number of carbonyl (C=O) groups is 4. The molecule has 0 radical (unpaired) electrons. The van der Waals surface area contributed by atoms with Gasteiger partial charge in [-0.3, -0.25) is 19.2 Å². The van der Waals surface area contributed by atoms with Crippen molar-refractivity contribution in [3.8, 4) is 0 Å². The average Bonchev–Trinajstić information content (AvgIpc) is 3.62. The van der Waals surface area contributed by atoms with E-state index in [9.17, 15) is 19.2 Å². The monoisotopic (exact) mass is 603 g/mol. The van der Waals surface area contributed by atoms with E-state index in [1.165, 1.54) is 0 Å². The minimum absolute atomic E-state index is 0.102. The minimum atomic E-state index is -1.11. The SMILES string of the molecule is NCCC[C@H](NC(=O)[C@@H](Cc1c[nH]c2ccccc12)NC(=O)[C@H](Cc1c[nH]c2ccccc12)NC(=O)[C@@H](N)CCN)C(N)=O. The number of hydrogen-bond donors (Lipinski definition) is 9. The molecule has 0 saturated heterocycles. The molecule has 2 aromatic heterocycles. The molecule has 2 aromatic carbocycles. The number of primary amides is 1. The summed E-state index contributed by atoms with van der Waals surface area (Å²) in [4.78, 5) is 59.0. The molecule has 0 aliphatic heterocycles. The Hall–Kier alpha value is -4.72. The number of carbonyl (C=O) groups excluding carboxylic acids is 4. The van der Waals surface area contributed by atoms with Crippen LogP contribution in [0.2, 0.25) is 0 Å². The molecular weight excluding hydrogens is 562 g/mol. The van der Waals surface area contributed by atoms with Crippen LogP contribution in [0.25, 0.3) is 21.8 Å². The van der Waals surface area contributed by atoms with Crippen LogP contribution in [0, 0.1) is 0 Å². The number of amides is 4. The second-order valence-electron chi connectivity index (χ2n) is 10.8. The van der Waals surface area contributed by atoms with E-state index in [0.717, 1.165) is 32.9 Å². The van der Waals surface area contributed by atoms with Crippen molar-refractivity contribution in [1.29, 1.82) is 0 Å². The van der Waals surface area contributed by atoms with Gasteiger partial charge in [0.1, 0.15) is 18.1 Å². The second kappa shape index (κ2) is 15.1. The van der Waals surface area contributed by atoms with Gasteiger partial charge in [0.15, 0.2) is 0 Å². The molecule has 13 nitrogen and oxygen atoms in total. The first-order valence-electron chi connectivity index (χ1n) is 14.7. The number of fused-ring (bicyclic) bond motifs is 2. The Labute approximate surface area is 254 Å². The van der Waals surface area contributed by atoms with Crippen molar-refractivity contribution in [2.75, 3.05) is 13.1 Å². The number of nitrogens with one attached hydrogen (secondary N) is 5. The van der Waals surface area contributed by atoms with E-state index in [2.05, 4.69) is 25.9 Å². The third-order valence-electron chi connectivity index (χ3n) is 7.64. The topological polar surface area (TPSA) is 240 Å². The van der Waals surface area contributed by atoms with Crippen LogP contribution in [0.4, 0.5) is 0 Å². The first-order valence-corrected chi connectivity index (χ1v) is 14.7. The molecule has 0 aliphatic carbocycles. The number of aromatic nitrogens is 2. The summed E-state index contributed by atoms with van der Waals surface area (Å²) >= 11 is 0. The molecule has 0 bridgehead atoms. The van der Waals surface area contributed by atoms with Crippen LogP contribution in [0.1, 0.15) is 30.4 Å². The Morgan fingerprint density at radius 3 is 1.61 bits per heavy atom. The smallest absolute Gasteiger partial charge is 0.243 e. The van der Waals surface area contributed by atoms with Crippen molar-refractivity contribution in [2.45, 2.75) is 56.3 Å². The van der Waals surface area contributed by atoms with Gasteiger partial charge in [0.2, 0.25) is 23.6 Å². The van der Waals surface area contributed by atoms with Crippen molar-refractivity contribution in [3.05, 3.63) is 72.1 Å². The Kier molecular flexibility index (Phi) is 11.1. The normalized spacial score (nSPS) is 14.1. The zero-order valence-electron chi connectivity index (χ0n) is 24.5. The van der Waals surface area contributed by atoms with Gasteiger partial charge in [0.05, 0.1) is 6.04 Å². The third kappa shape index (κ3) is 8.01. The van der Waals surface area contributed by atoms with Crippen LogP contribution in [-0.2, 0) is 32.0 Å². The molecule has 4 amide bonds. The lowest BCUT2D eigenvalue weighted by Gasteiger charge is -2.25. The highest BCUT2D eigenvalue weighted by molar-refractivity contribution is 5.96. The van der Waals surface area contributed by atoms with Crippen LogP contribution in [0.15, 0.2) is 60.9 Å². The maximum absolute atomic E-state index is 13.9. The lowest BCUT2D eigenvalue weighted by atomic mass is 10.0. The summed E-state index contributed by atoms with van der Waals surface area (Å²) < 4.78 is 0. The van der Waals surface area contributed by atoms with Gasteiger partial charge in [0.25, 0.3) is 0 Å². The average molecular weight is 604 g/mol. The number of hydrogen-bond acceptors (Lipinski definition) is 7. The van der Waals surface area contributed by atoms with Crippen LogP contribution in [0.3, 0.4) is 0 Å². The van der Waals surface area contributed by atoms with Gasteiger partial charge in [0, 0.05) is 47.0 Å². The van der Waals surface area contributed by atoms with Gasteiger partial charge in [-0.1, -0.05) is 36.4 Å². The number of H-pyrrole nitrogens is 2. The molecule has 0 unspecified atom stereocenters. The van der Waals surface area contributed by atoms with Gasteiger partial charge >= 0.3 is 0 Å². The standard InChI is InChI=1S/C31H41N9O4/c32-12-5-10-25(28(35)41)38-30(43)27(15-19-17-37-24-9-4-2-7-21(19)24)40-31(44)26(39-29(42)22(34)11-13-33)14-18-16-36-23-8-3-1-6-20(18)23/h1-4,6-9,16-17,22,25-27,36-37H,5,10-15,32-34H2,(H2,35,41)(H,38,43)(H,39,42)(H,40,44)/t22-,25-,26-,27+/m0/s1. The van der Waals surface area contributed by atoms with Gasteiger partial charge in [-0.15, -0.1) is 0 Å². The first kappa shape index (κ1) is 32.2. The van der Waals surface area contributed by atoms with Crippen LogP contribution in [0.5, 0.6) is 0 Å². The summed E-state index contributed by atoms with van der Waals surface area (Å²) in [5.41, 5.74) is 26.1. The number of benzene rings is 2. The second-order valence-corrected chi connectivity index (χ2v) is 10.8. The predicted octanol–water partition coefficient (Wildman–Crippen LogP) is -0.211. The number of rotatable bonds is 16. The highest BCUT2D eigenvalue weighted by Gasteiger charge is 2.31. The van der Waals surface area contributed by atoms with Crippen molar-refractivity contribution in [1.82, 2.24) is 25.9 Å². The van der Waals surface area contributed by atoms with Crippen molar-refractivity contribution < 1.29 is 19.2 Å². The van der Waals surface area contributed by atoms with Gasteiger partial charge in [-0.25, -0.2) is 0 Å². The molecule has 4 atom stereocenters. The molecule has 0 spiro atoms. The molecule has 4 rings (SSSR count). The van der Waals surface area contributed by atoms with Crippen LogP contribution >= 0.6 is 0 Å². The van der Waals surface area contributed by atoms with Crippen molar-refractivity contribution >= 4 is 45.4 Å². The summed E-state index contributed by atoms with van der Waals surface area (Å²) in [6.45, 7) is 0.516. The number of para-hydroxylation sites is 2. The fourth-order valence-corrected chi connectivity index (χ4v) is 5.20. The molecule has 0 saturated carbocycles. The van der Waals surface area contributed by atoms with Crippen molar-refractivity contribution in [2.24, 2.45) is 22.9 Å². The molecule has 4 aromatic rings. The van der Waals surface area contributed by atoms with E-state index < -0.39 is 47.8 Å². The summed E-state index contributed by atoms with van der Waals surface area (Å²) in [6, 6.07) is 11.1. The molecule has 234 valence electrons. The predicted molar refractivity (Wildman–Crippen MR) is 169 cm³/mol. The maximum Gasteiger partial charge on any atom is 0.243 e. The van der Waals surface area contributed by atoms with E-state index in [1.807, 2.05) is 48.5 Å². The molecule has 2 heterocycles. The van der Waals surface area contributed by atoms with Gasteiger partial charge in [-0.2, -0.15) is 0 Å². The zero-order chi connectivity index (χ0) is 31.6. The molecule has 44 heavy (non-hydrogen) atoms. The number of nitrogens with two attached hydrogens (primary N) is 4. The highest BCUT2D eigenvalue weighted by Crippen LogP contribution is 2.21. The van der Waals surface area contributed by atoms with E-state index >= 15 is 0 Å². The Bertz CT molecular complexity index is 1600. The minimum Gasteiger partial charge on any atom is -0.368 e. The number of aromatic amines is 2. The summed E-state index contributed by atoms with van der Waals surface area (Å²) in [5.74, 6) is -2.44. The Morgan fingerprint density at radius 1 is 0.659 bits per heavy atom. The third-order valence-corrected chi connectivity index (χ3v) is 7.64. The van der Waals surface area contributed by atoms with Crippen LogP contribution < -0.4 is 38.9 Å². The Balaban J connectivity index is 1.63. The molecule has 13 N–H and O–H groups in total. The first-order chi connectivity index (χ1) is 21.2. The summed E-state index contributed by atoms with van der Waals surface area (Å²) in [5, 5.41) is 10.0. The molecule has 0 aliphatic rings. The van der Waals surface area contributed by atoms with E-state index in [4.69, 9.17) is 22.9 Å². The zero-order valence-corrected chi connectivity index (χ0v) is 24.5. The molecule has 13 heteroatoms. The molecule has 0 fully saturated rings. The fourth-order valence-electron chi connectivity index (χ4n) is 5.20. The van der Waals surface area contributed by atoms with E-state index in [0.29, 0.717) is 13.0 Å². The Morgan fingerprint density at radius 2 is 1.14 bits per heavy atom. The maximum atomic E-state index is 13.9. The lowest BCUT2D eigenvalue weighted by Crippen LogP contribution is -2.58. The van der Waals surface area contributed by atoms with Crippen LogP contribution in [-0.4, -0.2) is 70.9 Å². The summed E-state index contributed by atoms with van der Waals surface area (Å²) in [7, 11) is 0. The van der Waals surface area contributed by atoms with E-state index in [-0.39, 0.29) is 32.2 Å². The lowest BCUT2D eigenvalue weighted by molar-refractivity contribution is -0.133. The fraction of sp³-hybridized carbons (Fsp3) is 0.355. The highest BCUT2D eigenvalue weighted by atomic mass is 16.2. The summed E-state index contributed by atoms with van der Waals surface area (Å²) in [6.07, 6.45) is 4.73. The van der Waals surface area contributed by atoms with Gasteiger partial charge < -0.3 is 48.9 Å². The van der Waals surface area contributed by atoms with E-state index in [1.54, 1.807) is 12.4 Å². The quantitative estimate of drug-likeness (QED) is 0.0834. The molecular formula is C31H41N9O4.